The molecule has 0 N–H and O–H groups in total. The zero-order valence-electron chi connectivity index (χ0n) is 25.3. The SMILES string of the molecule is c1ccc2c(c1)sc1c3ccccc3c3ccc4c(c5ccccc5n4-c4ccc(-n5c6ccccc6c6ccccc65)cc4)c3c21. The van der Waals surface area contributed by atoms with Gasteiger partial charge in [-0.15, -0.1) is 11.3 Å². The molecule has 3 aromatic heterocycles. The quantitative estimate of drug-likeness (QED) is 0.171. The first-order valence-corrected chi connectivity index (χ1v) is 16.9. The van der Waals surface area contributed by atoms with E-state index in [-0.39, 0.29) is 0 Å². The van der Waals surface area contributed by atoms with E-state index in [2.05, 4.69) is 167 Å². The van der Waals surface area contributed by atoms with Gasteiger partial charge >= 0.3 is 0 Å². The smallest absolute Gasteiger partial charge is 0.0547 e. The van der Waals surface area contributed by atoms with E-state index >= 15 is 0 Å². The van der Waals surface area contributed by atoms with E-state index in [1.54, 1.807) is 0 Å². The van der Waals surface area contributed by atoms with Crippen LogP contribution in [0.5, 0.6) is 0 Å². The van der Waals surface area contributed by atoms with Crippen LogP contribution in [0.1, 0.15) is 0 Å². The molecule has 0 aliphatic heterocycles. The van der Waals surface area contributed by atoms with E-state index in [0.717, 1.165) is 11.4 Å². The second-order valence-corrected chi connectivity index (χ2v) is 13.5. The molecular weight excluding hydrogens is 589 g/mol. The second kappa shape index (κ2) is 9.32. The van der Waals surface area contributed by atoms with Crippen molar-refractivity contribution in [1.29, 1.82) is 0 Å². The summed E-state index contributed by atoms with van der Waals surface area (Å²) in [4.78, 5) is 0. The van der Waals surface area contributed by atoms with E-state index in [1.807, 2.05) is 11.3 Å². The van der Waals surface area contributed by atoms with Crippen LogP contribution in [-0.2, 0) is 0 Å². The Bertz CT molecular complexity index is 3010. The molecule has 0 aliphatic carbocycles. The number of hydrogen-bond donors (Lipinski definition) is 0. The molecule has 3 heteroatoms. The number of rotatable bonds is 2. The van der Waals surface area contributed by atoms with Crippen LogP contribution in [-0.4, -0.2) is 9.13 Å². The highest BCUT2D eigenvalue weighted by atomic mass is 32.1. The topological polar surface area (TPSA) is 9.86 Å². The third-order valence-electron chi connectivity index (χ3n) is 10.1. The summed E-state index contributed by atoms with van der Waals surface area (Å²) in [6, 6.07) is 58.0. The van der Waals surface area contributed by atoms with E-state index in [1.165, 1.54) is 85.3 Å². The first-order valence-electron chi connectivity index (χ1n) is 16.1. The fourth-order valence-electron chi connectivity index (χ4n) is 8.17. The number of para-hydroxylation sites is 3. The van der Waals surface area contributed by atoms with Gasteiger partial charge in [0.05, 0.1) is 22.1 Å². The van der Waals surface area contributed by atoms with E-state index in [9.17, 15) is 0 Å². The number of fused-ring (bicyclic) bond motifs is 15. The van der Waals surface area contributed by atoms with Gasteiger partial charge in [-0.25, -0.2) is 0 Å². The maximum absolute atomic E-state index is 2.45. The number of aromatic nitrogens is 2. The highest BCUT2D eigenvalue weighted by molar-refractivity contribution is 7.27. The molecule has 218 valence electrons. The monoisotopic (exact) mass is 614 g/mol. The Labute approximate surface area is 273 Å². The summed E-state index contributed by atoms with van der Waals surface area (Å²) in [7, 11) is 0. The van der Waals surface area contributed by atoms with Crippen LogP contribution in [0.25, 0.3) is 96.7 Å². The van der Waals surface area contributed by atoms with E-state index in [4.69, 9.17) is 0 Å². The van der Waals surface area contributed by atoms with Gasteiger partial charge in [0, 0.05) is 63.9 Å². The van der Waals surface area contributed by atoms with Crippen molar-refractivity contribution >= 4 is 96.7 Å². The fourth-order valence-corrected chi connectivity index (χ4v) is 9.42. The molecule has 0 unspecified atom stereocenters. The van der Waals surface area contributed by atoms with Crippen molar-refractivity contribution in [2.45, 2.75) is 0 Å². The van der Waals surface area contributed by atoms with Gasteiger partial charge in [-0.3, -0.25) is 0 Å². The summed E-state index contributed by atoms with van der Waals surface area (Å²) in [6.45, 7) is 0. The Kier molecular flexibility index (Phi) is 5.02. The Balaban J connectivity index is 1.23. The molecule has 0 saturated carbocycles. The lowest BCUT2D eigenvalue weighted by Gasteiger charge is -2.12. The van der Waals surface area contributed by atoms with Crippen molar-refractivity contribution < 1.29 is 0 Å². The van der Waals surface area contributed by atoms with Crippen LogP contribution < -0.4 is 0 Å². The predicted molar refractivity (Wildman–Crippen MR) is 203 cm³/mol. The minimum absolute atomic E-state index is 1.16. The maximum Gasteiger partial charge on any atom is 0.0547 e. The largest absolute Gasteiger partial charge is 0.309 e. The molecule has 0 saturated heterocycles. The highest BCUT2D eigenvalue weighted by Gasteiger charge is 2.21. The lowest BCUT2D eigenvalue weighted by molar-refractivity contribution is 1.14. The third-order valence-corrected chi connectivity index (χ3v) is 11.3. The lowest BCUT2D eigenvalue weighted by atomic mass is 9.94. The molecule has 11 aromatic rings. The van der Waals surface area contributed by atoms with E-state index < -0.39 is 0 Å². The van der Waals surface area contributed by atoms with Crippen molar-refractivity contribution in [2.75, 3.05) is 0 Å². The van der Waals surface area contributed by atoms with Gasteiger partial charge in [0.1, 0.15) is 0 Å². The van der Waals surface area contributed by atoms with Crippen LogP contribution in [0, 0.1) is 0 Å². The number of thiophene rings is 1. The Hall–Kier alpha value is -5.90. The maximum atomic E-state index is 2.45. The molecular formula is C44H26N2S. The molecule has 8 aromatic carbocycles. The normalized spacial score (nSPS) is 12.3. The Morgan fingerprint density at radius 2 is 0.787 bits per heavy atom. The molecule has 11 rings (SSSR count). The first kappa shape index (κ1) is 25.3. The minimum Gasteiger partial charge on any atom is -0.309 e. The molecule has 0 aliphatic rings. The van der Waals surface area contributed by atoms with E-state index in [0.29, 0.717) is 0 Å². The molecule has 0 amide bonds. The van der Waals surface area contributed by atoms with Gasteiger partial charge in [-0.2, -0.15) is 0 Å². The van der Waals surface area contributed by atoms with Crippen LogP contribution in [0.3, 0.4) is 0 Å². The zero-order chi connectivity index (χ0) is 30.6. The van der Waals surface area contributed by atoms with Crippen LogP contribution in [0.2, 0.25) is 0 Å². The molecule has 47 heavy (non-hydrogen) atoms. The van der Waals surface area contributed by atoms with Crippen molar-refractivity contribution in [2.24, 2.45) is 0 Å². The summed E-state index contributed by atoms with van der Waals surface area (Å²) in [5, 5.41) is 13.2. The molecule has 0 spiro atoms. The highest BCUT2D eigenvalue weighted by Crippen LogP contribution is 2.48. The number of benzene rings is 8. The summed E-state index contributed by atoms with van der Waals surface area (Å²) in [5.74, 6) is 0. The summed E-state index contributed by atoms with van der Waals surface area (Å²) >= 11 is 1.92. The first-order chi connectivity index (χ1) is 23.3. The van der Waals surface area contributed by atoms with Crippen LogP contribution in [0.4, 0.5) is 0 Å². The van der Waals surface area contributed by atoms with Crippen molar-refractivity contribution in [3.63, 3.8) is 0 Å². The molecule has 0 radical (unpaired) electrons. The minimum atomic E-state index is 1.16. The summed E-state index contributed by atoms with van der Waals surface area (Å²) < 4.78 is 7.54. The molecule has 0 fully saturated rings. The van der Waals surface area contributed by atoms with Gasteiger partial charge in [0.2, 0.25) is 0 Å². The standard InChI is InChI=1S/C44H26N2S/c1-2-14-33-29(11-1)32-25-26-39-41(42(32)43-35-16-6-10-20-40(35)47-44(33)43)34-15-5-9-19-38(34)46(39)28-23-21-27(22-24-28)45-36-17-7-3-12-30(36)31-13-4-8-18-37(31)45/h1-26H. The Morgan fingerprint density at radius 3 is 1.45 bits per heavy atom. The van der Waals surface area contributed by atoms with Crippen molar-refractivity contribution in [1.82, 2.24) is 9.13 Å². The lowest BCUT2D eigenvalue weighted by Crippen LogP contribution is -1.97. The molecule has 0 atom stereocenters. The van der Waals surface area contributed by atoms with Gasteiger partial charge < -0.3 is 9.13 Å². The average molecular weight is 615 g/mol. The number of nitrogens with zero attached hydrogens (tertiary/aromatic N) is 2. The molecule has 3 heterocycles. The third kappa shape index (κ3) is 3.34. The molecule has 0 bridgehead atoms. The fraction of sp³-hybridized carbons (Fsp3) is 0. The van der Waals surface area contributed by atoms with Gasteiger partial charge in [-0.1, -0.05) is 103 Å². The zero-order valence-corrected chi connectivity index (χ0v) is 26.1. The van der Waals surface area contributed by atoms with Crippen LogP contribution in [0.15, 0.2) is 158 Å². The molecule has 2 nitrogen and oxygen atoms in total. The van der Waals surface area contributed by atoms with Crippen LogP contribution >= 0.6 is 11.3 Å². The van der Waals surface area contributed by atoms with Crippen molar-refractivity contribution in [3.8, 4) is 11.4 Å². The van der Waals surface area contributed by atoms with Gasteiger partial charge in [0.15, 0.2) is 0 Å². The van der Waals surface area contributed by atoms with Crippen molar-refractivity contribution in [3.05, 3.63) is 158 Å². The second-order valence-electron chi connectivity index (χ2n) is 12.5. The predicted octanol–water partition coefficient (Wildman–Crippen LogP) is 12.6. The number of hydrogen-bond acceptors (Lipinski definition) is 1. The summed E-state index contributed by atoms with van der Waals surface area (Å²) in [5.41, 5.74) is 7.23. The van der Waals surface area contributed by atoms with Gasteiger partial charge in [-0.05, 0) is 65.4 Å². The van der Waals surface area contributed by atoms with Gasteiger partial charge in [0.25, 0.3) is 0 Å². The summed E-state index contributed by atoms with van der Waals surface area (Å²) in [6.07, 6.45) is 0. The average Bonchev–Trinajstić information content (AvgIpc) is 3.80. The Morgan fingerprint density at radius 1 is 0.298 bits per heavy atom.